The highest BCUT2D eigenvalue weighted by Gasteiger charge is 2.12. The van der Waals surface area contributed by atoms with Crippen LogP contribution in [0.2, 0.25) is 0 Å². The average molecular weight is 252 g/mol. The fourth-order valence-corrected chi connectivity index (χ4v) is 1.51. The van der Waals surface area contributed by atoms with Crippen molar-refractivity contribution in [2.24, 2.45) is 0 Å². The van der Waals surface area contributed by atoms with Crippen LogP contribution in [0.4, 0.5) is 0 Å². The van der Waals surface area contributed by atoms with Crippen LogP contribution in [0.1, 0.15) is 25.0 Å². The average Bonchev–Trinajstić information content (AvgIpc) is 2.33. The van der Waals surface area contributed by atoms with E-state index in [1.54, 1.807) is 21.0 Å². The van der Waals surface area contributed by atoms with Gasteiger partial charge in [-0.2, -0.15) is 0 Å². The van der Waals surface area contributed by atoms with Crippen molar-refractivity contribution in [3.8, 4) is 5.75 Å². The van der Waals surface area contributed by atoms with Crippen molar-refractivity contribution in [1.29, 1.82) is 0 Å². The normalized spacial score (nSPS) is 12.0. The molecule has 0 radical (unpaired) electrons. The number of hydrogen-bond acceptors (Lipinski definition) is 4. The third-order valence-corrected chi connectivity index (χ3v) is 2.49. The Bertz CT molecular complexity index is 401. The van der Waals surface area contributed by atoms with E-state index in [1.807, 2.05) is 25.1 Å². The number of carbonyl (C=O) groups excluding carboxylic acids is 1. The largest absolute Gasteiger partial charge is 0.466 e. The molecule has 1 unspecified atom stereocenters. The molecular formula is C14H20O4. The van der Waals surface area contributed by atoms with Crippen LogP contribution in [-0.4, -0.2) is 26.0 Å². The molecule has 1 aromatic rings. The van der Waals surface area contributed by atoms with Crippen LogP contribution < -0.4 is 4.74 Å². The highest BCUT2D eigenvalue weighted by molar-refractivity contribution is 5.73. The quantitative estimate of drug-likeness (QED) is 0.576. The first-order valence-corrected chi connectivity index (χ1v) is 6.01. The lowest BCUT2D eigenvalue weighted by atomic mass is 10.1. The lowest BCUT2D eigenvalue weighted by Crippen LogP contribution is -2.16. The Morgan fingerprint density at radius 3 is 2.72 bits per heavy atom. The Kier molecular flexibility index (Phi) is 5.65. The van der Waals surface area contributed by atoms with Gasteiger partial charge in [0.1, 0.15) is 5.75 Å². The van der Waals surface area contributed by atoms with E-state index in [4.69, 9.17) is 14.2 Å². The molecule has 18 heavy (non-hydrogen) atoms. The summed E-state index contributed by atoms with van der Waals surface area (Å²) in [6, 6.07) is 5.72. The molecule has 0 spiro atoms. The number of rotatable bonds is 6. The van der Waals surface area contributed by atoms with Gasteiger partial charge in [0.05, 0.1) is 13.0 Å². The van der Waals surface area contributed by atoms with Gasteiger partial charge in [-0.25, -0.2) is 0 Å². The highest BCUT2D eigenvalue weighted by Crippen LogP contribution is 2.22. The number of carbonyl (C=O) groups is 1. The van der Waals surface area contributed by atoms with Gasteiger partial charge in [0.25, 0.3) is 0 Å². The van der Waals surface area contributed by atoms with Crippen molar-refractivity contribution in [3.63, 3.8) is 0 Å². The van der Waals surface area contributed by atoms with Crippen molar-refractivity contribution in [2.75, 3.05) is 13.7 Å². The summed E-state index contributed by atoms with van der Waals surface area (Å²) in [6.45, 7) is 5.95. The molecule has 0 N–H and O–H groups in total. The van der Waals surface area contributed by atoms with Gasteiger partial charge >= 0.3 is 5.97 Å². The zero-order valence-corrected chi connectivity index (χ0v) is 11.4. The summed E-state index contributed by atoms with van der Waals surface area (Å²) in [5.41, 5.74) is 1.88. The minimum Gasteiger partial charge on any atom is -0.466 e. The van der Waals surface area contributed by atoms with E-state index in [0.29, 0.717) is 12.4 Å². The van der Waals surface area contributed by atoms with Crippen molar-refractivity contribution < 1.29 is 19.0 Å². The second-order valence-electron chi connectivity index (χ2n) is 4.01. The molecule has 0 bridgehead atoms. The van der Waals surface area contributed by atoms with Crippen LogP contribution in [0.5, 0.6) is 5.75 Å². The Labute approximate surface area is 108 Å². The monoisotopic (exact) mass is 252 g/mol. The SMILES string of the molecule is CCOC(=O)Cc1ccc(C)cc1OC(C)OC. The maximum atomic E-state index is 11.5. The molecule has 0 amide bonds. The first-order valence-electron chi connectivity index (χ1n) is 6.01. The second-order valence-corrected chi connectivity index (χ2v) is 4.01. The molecule has 0 aliphatic heterocycles. The molecule has 100 valence electrons. The minimum atomic E-state index is -0.354. The van der Waals surface area contributed by atoms with Crippen LogP contribution in [0.3, 0.4) is 0 Å². The molecule has 0 saturated carbocycles. The number of ether oxygens (including phenoxy) is 3. The lowest BCUT2D eigenvalue weighted by Gasteiger charge is -2.16. The number of benzene rings is 1. The molecule has 0 aromatic heterocycles. The zero-order chi connectivity index (χ0) is 13.5. The Balaban J connectivity index is 2.85. The van der Waals surface area contributed by atoms with E-state index in [1.165, 1.54) is 0 Å². The maximum absolute atomic E-state index is 11.5. The third kappa shape index (κ3) is 4.37. The van der Waals surface area contributed by atoms with E-state index in [2.05, 4.69) is 0 Å². The van der Waals surface area contributed by atoms with Gasteiger partial charge in [0, 0.05) is 12.7 Å². The summed E-state index contributed by atoms with van der Waals surface area (Å²) in [4.78, 5) is 11.5. The summed E-state index contributed by atoms with van der Waals surface area (Å²) < 4.78 is 15.6. The topological polar surface area (TPSA) is 44.8 Å². The highest BCUT2D eigenvalue weighted by atomic mass is 16.7. The van der Waals surface area contributed by atoms with Gasteiger partial charge in [-0.3, -0.25) is 4.79 Å². The van der Waals surface area contributed by atoms with Gasteiger partial charge in [0.2, 0.25) is 0 Å². The van der Waals surface area contributed by atoms with Gasteiger partial charge in [0.15, 0.2) is 6.29 Å². The number of hydrogen-bond donors (Lipinski definition) is 0. The predicted molar refractivity (Wildman–Crippen MR) is 68.6 cm³/mol. The van der Waals surface area contributed by atoms with E-state index in [-0.39, 0.29) is 18.7 Å². The van der Waals surface area contributed by atoms with Crippen LogP contribution >= 0.6 is 0 Å². The van der Waals surface area contributed by atoms with Crippen molar-refractivity contribution in [1.82, 2.24) is 0 Å². The van der Waals surface area contributed by atoms with Gasteiger partial charge in [-0.1, -0.05) is 12.1 Å². The van der Waals surface area contributed by atoms with E-state index in [0.717, 1.165) is 11.1 Å². The number of aryl methyl sites for hydroxylation is 1. The summed E-state index contributed by atoms with van der Waals surface area (Å²) in [5, 5.41) is 0. The first kappa shape index (κ1) is 14.5. The Morgan fingerprint density at radius 2 is 2.11 bits per heavy atom. The smallest absolute Gasteiger partial charge is 0.310 e. The molecule has 0 fully saturated rings. The van der Waals surface area contributed by atoms with Crippen LogP contribution in [0, 0.1) is 6.92 Å². The molecule has 0 heterocycles. The van der Waals surface area contributed by atoms with Crippen molar-refractivity contribution in [3.05, 3.63) is 29.3 Å². The Hall–Kier alpha value is -1.55. The van der Waals surface area contributed by atoms with Crippen molar-refractivity contribution >= 4 is 5.97 Å². The molecule has 1 atom stereocenters. The lowest BCUT2D eigenvalue weighted by molar-refractivity contribution is -0.142. The Morgan fingerprint density at radius 1 is 1.39 bits per heavy atom. The zero-order valence-electron chi connectivity index (χ0n) is 11.4. The first-order chi connectivity index (χ1) is 8.56. The summed E-state index contributed by atoms with van der Waals surface area (Å²) in [6.07, 6.45) is -0.146. The summed E-state index contributed by atoms with van der Waals surface area (Å²) in [5.74, 6) is 0.411. The standard InChI is InChI=1S/C14H20O4/c1-5-17-14(15)9-12-7-6-10(2)8-13(12)18-11(3)16-4/h6-8,11H,5,9H2,1-4H3. The molecule has 4 nitrogen and oxygen atoms in total. The van der Waals surface area contributed by atoms with Crippen molar-refractivity contribution in [2.45, 2.75) is 33.5 Å². The predicted octanol–water partition coefficient (Wildman–Crippen LogP) is 2.47. The maximum Gasteiger partial charge on any atom is 0.310 e. The molecule has 0 aliphatic carbocycles. The van der Waals surface area contributed by atoms with E-state index >= 15 is 0 Å². The molecular weight excluding hydrogens is 232 g/mol. The fraction of sp³-hybridized carbons (Fsp3) is 0.500. The van der Waals surface area contributed by atoms with E-state index < -0.39 is 0 Å². The van der Waals surface area contributed by atoms with Gasteiger partial charge in [-0.05, 0) is 32.4 Å². The molecule has 0 saturated heterocycles. The third-order valence-electron chi connectivity index (χ3n) is 2.49. The number of methoxy groups -OCH3 is 1. The van der Waals surface area contributed by atoms with Crippen LogP contribution in [0.15, 0.2) is 18.2 Å². The van der Waals surface area contributed by atoms with E-state index in [9.17, 15) is 4.79 Å². The van der Waals surface area contributed by atoms with Gasteiger partial charge < -0.3 is 14.2 Å². The number of esters is 1. The van der Waals surface area contributed by atoms with Crippen LogP contribution in [0.25, 0.3) is 0 Å². The van der Waals surface area contributed by atoms with Crippen LogP contribution in [-0.2, 0) is 20.7 Å². The molecule has 0 aliphatic rings. The fourth-order valence-electron chi connectivity index (χ4n) is 1.51. The molecule has 4 heteroatoms. The minimum absolute atomic E-state index is 0.208. The molecule has 1 rings (SSSR count). The van der Waals surface area contributed by atoms with Gasteiger partial charge in [-0.15, -0.1) is 0 Å². The summed E-state index contributed by atoms with van der Waals surface area (Å²) >= 11 is 0. The molecule has 1 aromatic carbocycles. The summed E-state index contributed by atoms with van der Waals surface area (Å²) in [7, 11) is 1.57. The second kappa shape index (κ2) is 7.01.